The second kappa shape index (κ2) is 6.68. The molecule has 3 nitrogen and oxygen atoms in total. The van der Waals surface area contributed by atoms with Gasteiger partial charge in [0.1, 0.15) is 0 Å². The van der Waals surface area contributed by atoms with E-state index in [1.807, 2.05) is 17.1 Å². The zero-order chi connectivity index (χ0) is 13.0. The Balaban J connectivity index is 2.15. The van der Waals surface area contributed by atoms with Crippen LogP contribution in [0.4, 0.5) is 0 Å². The summed E-state index contributed by atoms with van der Waals surface area (Å²) in [5.41, 5.74) is 2.35. The molecular formula is C13H15BrIN3. The number of aromatic nitrogens is 2. The van der Waals surface area contributed by atoms with Crippen LogP contribution in [0.15, 0.2) is 35.1 Å². The standard InChI is InChI=1S/C13H15BrIN3/c1-2-5-16-7-10-3-4-13(12(14)6-10)18-9-11(15)8-17-18/h3-4,6,8-9,16H,2,5,7H2,1H3. The van der Waals surface area contributed by atoms with E-state index in [-0.39, 0.29) is 0 Å². The normalized spacial score (nSPS) is 10.8. The third-order valence-corrected chi connectivity index (χ3v) is 3.76. The molecule has 2 rings (SSSR count). The molecule has 0 aliphatic rings. The maximum absolute atomic E-state index is 4.32. The minimum atomic E-state index is 0.906. The van der Waals surface area contributed by atoms with Crippen LogP contribution < -0.4 is 5.32 Å². The first kappa shape index (κ1) is 14.0. The summed E-state index contributed by atoms with van der Waals surface area (Å²) >= 11 is 5.87. The maximum Gasteiger partial charge on any atom is 0.0788 e. The lowest BCUT2D eigenvalue weighted by Gasteiger charge is -2.08. The molecule has 0 aliphatic heterocycles. The lowest BCUT2D eigenvalue weighted by atomic mass is 10.2. The molecule has 0 saturated carbocycles. The number of rotatable bonds is 5. The molecule has 96 valence electrons. The van der Waals surface area contributed by atoms with Crippen molar-refractivity contribution in [3.05, 3.63) is 44.2 Å². The van der Waals surface area contributed by atoms with E-state index in [1.165, 1.54) is 5.56 Å². The topological polar surface area (TPSA) is 29.9 Å². The Hall–Kier alpha value is -0.400. The zero-order valence-corrected chi connectivity index (χ0v) is 13.9. The van der Waals surface area contributed by atoms with Crippen molar-refractivity contribution in [3.8, 4) is 5.69 Å². The average molecular weight is 420 g/mol. The molecule has 0 amide bonds. The van der Waals surface area contributed by atoms with Crippen molar-refractivity contribution in [3.63, 3.8) is 0 Å². The Morgan fingerprint density at radius 1 is 1.44 bits per heavy atom. The molecule has 1 aromatic carbocycles. The highest BCUT2D eigenvalue weighted by molar-refractivity contribution is 14.1. The van der Waals surface area contributed by atoms with Crippen molar-refractivity contribution in [1.29, 1.82) is 0 Å². The summed E-state index contributed by atoms with van der Waals surface area (Å²) in [6.45, 7) is 4.13. The van der Waals surface area contributed by atoms with Crippen LogP contribution >= 0.6 is 38.5 Å². The lowest BCUT2D eigenvalue weighted by Crippen LogP contribution is -2.13. The van der Waals surface area contributed by atoms with Gasteiger partial charge in [-0.2, -0.15) is 5.10 Å². The van der Waals surface area contributed by atoms with E-state index in [9.17, 15) is 0 Å². The van der Waals surface area contributed by atoms with Gasteiger partial charge in [0.2, 0.25) is 0 Å². The van der Waals surface area contributed by atoms with Gasteiger partial charge < -0.3 is 5.32 Å². The fraction of sp³-hybridized carbons (Fsp3) is 0.308. The summed E-state index contributed by atoms with van der Waals surface area (Å²) in [5.74, 6) is 0. The highest BCUT2D eigenvalue weighted by atomic mass is 127. The monoisotopic (exact) mass is 419 g/mol. The van der Waals surface area contributed by atoms with E-state index in [0.717, 1.165) is 33.2 Å². The molecule has 5 heteroatoms. The number of halogens is 2. The van der Waals surface area contributed by atoms with Crippen LogP contribution in [-0.2, 0) is 6.54 Å². The van der Waals surface area contributed by atoms with Crippen LogP contribution in [0, 0.1) is 3.57 Å². The predicted octanol–water partition coefficient (Wildman–Crippen LogP) is 3.74. The van der Waals surface area contributed by atoms with Gasteiger partial charge in [-0.05, 0) is 69.2 Å². The van der Waals surface area contributed by atoms with Crippen LogP contribution in [-0.4, -0.2) is 16.3 Å². The number of benzene rings is 1. The van der Waals surface area contributed by atoms with Crippen LogP contribution in [0.25, 0.3) is 5.69 Å². The van der Waals surface area contributed by atoms with Crippen molar-refractivity contribution in [2.75, 3.05) is 6.54 Å². The van der Waals surface area contributed by atoms with Gasteiger partial charge >= 0.3 is 0 Å². The Kier molecular flexibility index (Phi) is 5.20. The Bertz CT molecular complexity index is 525. The molecule has 0 spiro atoms. The molecule has 0 aliphatic carbocycles. The second-order valence-corrected chi connectivity index (χ2v) is 6.17. The Morgan fingerprint density at radius 2 is 2.28 bits per heavy atom. The minimum Gasteiger partial charge on any atom is -0.313 e. The van der Waals surface area contributed by atoms with Gasteiger partial charge in [0, 0.05) is 17.2 Å². The lowest BCUT2D eigenvalue weighted by molar-refractivity contribution is 0.675. The third-order valence-electron chi connectivity index (χ3n) is 2.57. The molecule has 0 radical (unpaired) electrons. The highest BCUT2D eigenvalue weighted by Gasteiger charge is 2.05. The molecule has 0 bridgehead atoms. The molecular weight excluding hydrogens is 405 g/mol. The Labute approximate surface area is 129 Å². The zero-order valence-electron chi connectivity index (χ0n) is 10.2. The first-order chi connectivity index (χ1) is 8.70. The van der Waals surface area contributed by atoms with E-state index in [2.05, 4.69) is 74.1 Å². The van der Waals surface area contributed by atoms with Crippen LogP contribution in [0.1, 0.15) is 18.9 Å². The molecule has 0 unspecified atom stereocenters. The fourth-order valence-corrected chi connectivity index (χ4v) is 2.68. The van der Waals surface area contributed by atoms with Crippen molar-refractivity contribution in [1.82, 2.24) is 15.1 Å². The van der Waals surface area contributed by atoms with Crippen molar-refractivity contribution >= 4 is 38.5 Å². The summed E-state index contributed by atoms with van der Waals surface area (Å²) < 4.78 is 4.08. The summed E-state index contributed by atoms with van der Waals surface area (Å²) in [5, 5.41) is 7.71. The number of nitrogens with zero attached hydrogens (tertiary/aromatic N) is 2. The van der Waals surface area contributed by atoms with Gasteiger partial charge in [-0.3, -0.25) is 0 Å². The molecule has 1 N–H and O–H groups in total. The molecule has 1 heterocycles. The van der Waals surface area contributed by atoms with E-state index in [0.29, 0.717) is 0 Å². The van der Waals surface area contributed by atoms with E-state index < -0.39 is 0 Å². The van der Waals surface area contributed by atoms with Crippen molar-refractivity contribution in [2.45, 2.75) is 19.9 Å². The van der Waals surface area contributed by atoms with E-state index in [4.69, 9.17) is 0 Å². The number of hydrogen-bond acceptors (Lipinski definition) is 2. The average Bonchev–Trinajstić information content (AvgIpc) is 2.76. The maximum atomic E-state index is 4.32. The van der Waals surface area contributed by atoms with Gasteiger partial charge in [0.25, 0.3) is 0 Å². The molecule has 18 heavy (non-hydrogen) atoms. The van der Waals surface area contributed by atoms with Gasteiger partial charge in [-0.15, -0.1) is 0 Å². The minimum absolute atomic E-state index is 0.906. The predicted molar refractivity (Wildman–Crippen MR) is 86.0 cm³/mol. The van der Waals surface area contributed by atoms with E-state index in [1.54, 1.807) is 0 Å². The first-order valence-electron chi connectivity index (χ1n) is 5.90. The third kappa shape index (κ3) is 3.55. The van der Waals surface area contributed by atoms with Crippen molar-refractivity contribution < 1.29 is 0 Å². The quantitative estimate of drug-likeness (QED) is 0.591. The van der Waals surface area contributed by atoms with Gasteiger partial charge in [-0.1, -0.05) is 13.0 Å². The largest absolute Gasteiger partial charge is 0.313 e. The van der Waals surface area contributed by atoms with Crippen LogP contribution in [0.5, 0.6) is 0 Å². The van der Waals surface area contributed by atoms with Crippen LogP contribution in [0.3, 0.4) is 0 Å². The molecule has 2 aromatic rings. The van der Waals surface area contributed by atoms with Gasteiger partial charge in [0.05, 0.1) is 15.5 Å². The summed E-state index contributed by atoms with van der Waals surface area (Å²) in [7, 11) is 0. The van der Waals surface area contributed by atoms with Gasteiger partial charge in [0.15, 0.2) is 0 Å². The summed E-state index contributed by atoms with van der Waals surface area (Å²) in [6.07, 6.45) is 5.02. The first-order valence-corrected chi connectivity index (χ1v) is 7.77. The Morgan fingerprint density at radius 3 is 2.89 bits per heavy atom. The van der Waals surface area contributed by atoms with Crippen molar-refractivity contribution in [2.24, 2.45) is 0 Å². The summed E-state index contributed by atoms with van der Waals surface area (Å²) in [6, 6.07) is 6.37. The number of hydrogen-bond donors (Lipinski definition) is 1. The fourth-order valence-electron chi connectivity index (χ4n) is 1.69. The highest BCUT2D eigenvalue weighted by Crippen LogP contribution is 2.22. The summed E-state index contributed by atoms with van der Waals surface area (Å²) in [4.78, 5) is 0. The molecule has 0 saturated heterocycles. The smallest absolute Gasteiger partial charge is 0.0788 e. The number of nitrogens with one attached hydrogen (secondary N) is 1. The molecule has 1 aromatic heterocycles. The molecule has 0 atom stereocenters. The second-order valence-electron chi connectivity index (χ2n) is 4.07. The van der Waals surface area contributed by atoms with Crippen LogP contribution in [0.2, 0.25) is 0 Å². The molecule has 0 fully saturated rings. The van der Waals surface area contributed by atoms with Gasteiger partial charge in [-0.25, -0.2) is 4.68 Å². The SMILES string of the molecule is CCCNCc1ccc(-n2cc(I)cn2)c(Br)c1. The van der Waals surface area contributed by atoms with E-state index >= 15 is 0 Å².